The number of hydrogen-bond acceptors (Lipinski definition) is 3. The zero-order chi connectivity index (χ0) is 12.6. The highest BCUT2D eigenvalue weighted by molar-refractivity contribution is 5.52. The van der Waals surface area contributed by atoms with E-state index in [1.165, 1.54) is 36.1 Å². The van der Waals surface area contributed by atoms with Crippen molar-refractivity contribution < 1.29 is 4.74 Å². The molecule has 1 aromatic carbocycles. The molecular weight excluding hydrogens is 224 g/mol. The molecule has 1 aliphatic carbocycles. The first-order valence-electron chi connectivity index (χ1n) is 6.54. The molecule has 0 N–H and O–H groups in total. The fourth-order valence-electron chi connectivity index (χ4n) is 2.88. The second-order valence-corrected chi connectivity index (χ2v) is 5.55. The molecule has 2 aliphatic rings. The number of benzene rings is 1. The summed E-state index contributed by atoms with van der Waals surface area (Å²) in [5.41, 5.74) is 3.90. The minimum absolute atomic E-state index is 0.298. The molecule has 1 saturated heterocycles. The average molecular weight is 242 g/mol. The van der Waals surface area contributed by atoms with Crippen molar-refractivity contribution in [3.8, 4) is 6.07 Å². The molecule has 0 radical (unpaired) electrons. The first-order chi connectivity index (χ1) is 8.72. The van der Waals surface area contributed by atoms with Gasteiger partial charge < -0.3 is 9.64 Å². The fraction of sp³-hybridized carbons (Fsp3) is 0.533. The van der Waals surface area contributed by atoms with Gasteiger partial charge in [-0.3, -0.25) is 0 Å². The van der Waals surface area contributed by atoms with Crippen molar-refractivity contribution >= 4 is 5.69 Å². The maximum absolute atomic E-state index is 9.23. The molecular formula is C15H18N2O. The van der Waals surface area contributed by atoms with Crippen molar-refractivity contribution in [2.75, 3.05) is 31.7 Å². The zero-order valence-electron chi connectivity index (χ0n) is 10.8. The van der Waals surface area contributed by atoms with Crippen LogP contribution >= 0.6 is 0 Å². The van der Waals surface area contributed by atoms with Gasteiger partial charge in [-0.1, -0.05) is 6.07 Å². The SMILES string of the molecule is CN(CC1(C#N)COC1)c1ccc2c(c1)CCC2. The zero-order valence-corrected chi connectivity index (χ0v) is 10.8. The Balaban J connectivity index is 1.76. The summed E-state index contributed by atoms with van der Waals surface area (Å²) in [5, 5.41) is 9.23. The summed E-state index contributed by atoms with van der Waals surface area (Å²) in [6.45, 7) is 1.89. The highest BCUT2D eigenvalue weighted by Gasteiger charge is 2.40. The van der Waals surface area contributed by atoms with E-state index < -0.39 is 0 Å². The molecule has 0 amide bonds. The van der Waals surface area contributed by atoms with Crippen LogP contribution in [0.2, 0.25) is 0 Å². The van der Waals surface area contributed by atoms with Crippen LogP contribution in [0.5, 0.6) is 0 Å². The lowest BCUT2D eigenvalue weighted by atomic mass is 9.87. The van der Waals surface area contributed by atoms with Crippen molar-refractivity contribution in [1.29, 1.82) is 5.26 Å². The van der Waals surface area contributed by atoms with Gasteiger partial charge in [0.05, 0.1) is 19.3 Å². The first-order valence-corrected chi connectivity index (χ1v) is 6.54. The summed E-state index contributed by atoms with van der Waals surface area (Å²) >= 11 is 0. The number of rotatable bonds is 3. The number of anilines is 1. The predicted molar refractivity (Wildman–Crippen MR) is 70.6 cm³/mol. The van der Waals surface area contributed by atoms with Crippen molar-refractivity contribution in [3.63, 3.8) is 0 Å². The minimum atomic E-state index is -0.298. The molecule has 18 heavy (non-hydrogen) atoms. The lowest BCUT2D eigenvalue weighted by molar-refractivity contribution is -0.0716. The van der Waals surface area contributed by atoms with Gasteiger partial charge in [-0.05, 0) is 42.5 Å². The molecule has 0 aromatic heterocycles. The summed E-state index contributed by atoms with van der Waals surface area (Å²) in [6, 6.07) is 9.10. The van der Waals surface area contributed by atoms with Gasteiger partial charge in [0, 0.05) is 19.3 Å². The van der Waals surface area contributed by atoms with E-state index in [-0.39, 0.29) is 5.41 Å². The van der Waals surface area contributed by atoms with Crippen LogP contribution in [0, 0.1) is 16.7 Å². The van der Waals surface area contributed by atoms with Gasteiger partial charge >= 0.3 is 0 Å². The topological polar surface area (TPSA) is 36.3 Å². The highest BCUT2D eigenvalue weighted by atomic mass is 16.5. The van der Waals surface area contributed by atoms with E-state index in [1.807, 2.05) is 0 Å². The predicted octanol–water partition coefficient (Wildman–Crippen LogP) is 2.15. The molecule has 0 atom stereocenters. The molecule has 0 saturated carbocycles. The molecule has 94 valence electrons. The summed E-state index contributed by atoms with van der Waals surface area (Å²) < 4.78 is 5.19. The van der Waals surface area contributed by atoms with Crippen LogP contribution < -0.4 is 4.90 Å². The molecule has 3 rings (SSSR count). The fourth-order valence-corrected chi connectivity index (χ4v) is 2.88. The van der Waals surface area contributed by atoms with Gasteiger partial charge in [-0.2, -0.15) is 5.26 Å². The third-order valence-corrected chi connectivity index (χ3v) is 4.06. The van der Waals surface area contributed by atoms with Gasteiger partial charge in [-0.15, -0.1) is 0 Å². The summed E-state index contributed by atoms with van der Waals surface area (Å²) in [6.07, 6.45) is 3.69. The van der Waals surface area contributed by atoms with Crippen LogP contribution in [0.25, 0.3) is 0 Å². The lowest BCUT2D eigenvalue weighted by Crippen LogP contribution is -2.49. The van der Waals surface area contributed by atoms with Gasteiger partial charge in [0.15, 0.2) is 0 Å². The summed E-state index contributed by atoms with van der Waals surface area (Å²) in [4.78, 5) is 2.18. The van der Waals surface area contributed by atoms with Crippen LogP contribution in [0.15, 0.2) is 18.2 Å². The Labute approximate surface area is 108 Å². The molecule has 0 spiro atoms. The largest absolute Gasteiger partial charge is 0.378 e. The molecule has 1 aliphatic heterocycles. The van der Waals surface area contributed by atoms with E-state index in [0.29, 0.717) is 13.2 Å². The lowest BCUT2D eigenvalue weighted by Gasteiger charge is -2.38. The molecule has 1 aromatic rings. The molecule has 0 bridgehead atoms. The number of nitriles is 1. The van der Waals surface area contributed by atoms with E-state index in [4.69, 9.17) is 4.74 Å². The van der Waals surface area contributed by atoms with E-state index in [2.05, 4.69) is 36.2 Å². The molecule has 0 unspecified atom stereocenters. The Morgan fingerprint density at radius 2 is 2.11 bits per heavy atom. The van der Waals surface area contributed by atoms with Crippen LogP contribution in [0.1, 0.15) is 17.5 Å². The third kappa shape index (κ3) is 1.87. The molecule has 3 nitrogen and oxygen atoms in total. The van der Waals surface area contributed by atoms with Crippen LogP contribution in [-0.4, -0.2) is 26.8 Å². The Morgan fingerprint density at radius 3 is 2.78 bits per heavy atom. The Morgan fingerprint density at radius 1 is 1.33 bits per heavy atom. The van der Waals surface area contributed by atoms with Gasteiger partial charge in [0.1, 0.15) is 5.41 Å². The van der Waals surface area contributed by atoms with Crippen molar-refractivity contribution in [2.45, 2.75) is 19.3 Å². The van der Waals surface area contributed by atoms with E-state index in [9.17, 15) is 5.26 Å². The molecule has 1 heterocycles. The minimum Gasteiger partial charge on any atom is -0.378 e. The first kappa shape index (κ1) is 11.6. The highest BCUT2D eigenvalue weighted by Crippen LogP contribution is 2.31. The van der Waals surface area contributed by atoms with Crippen molar-refractivity contribution in [1.82, 2.24) is 0 Å². The van der Waals surface area contributed by atoms with E-state index in [0.717, 1.165) is 6.54 Å². The number of hydrogen-bond donors (Lipinski definition) is 0. The smallest absolute Gasteiger partial charge is 0.121 e. The van der Waals surface area contributed by atoms with Gasteiger partial charge in [0.25, 0.3) is 0 Å². The normalized spacial score (nSPS) is 19.8. The Hall–Kier alpha value is -1.53. The standard InChI is InChI=1S/C15H18N2O/c1-17(9-15(8-16)10-18-11-15)14-6-5-12-3-2-4-13(12)7-14/h5-7H,2-4,9-11H2,1H3. The van der Waals surface area contributed by atoms with E-state index in [1.54, 1.807) is 0 Å². The Bertz CT molecular complexity index is 500. The molecule has 3 heteroatoms. The summed E-state index contributed by atoms with van der Waals surface area (Å²) in [5.74, 6) is 0. The van der Waals surface area contributed by atoms with Gasteiger partial charge in [0.2, 0.25) is 0 Å². The van der Waals surface area contributed by atoms with Crippen molar-refractivity contribution in [3.05, 3.63) is 29.3 Å². The number of aryl methyl sites for hydroxylation is 2. The van der Waals surface area contributed by atoms with Crippen LogP contribution in [0.3, 0.4) is 0 Å². The molecule has 1 fully saturated rings. The second kappa shape index (κ2) is 4.29. The quantitative estimate of drug-likeness (QED) is 0.815. The van der Waals surface area contributed by atoms with Crippen LogP contribution in [0.4, 0.5) is 5.69 Å². The maximum atomic E-state index is 9.23. The maximum Gasteiger partial charge on any atom is 0.121 e. The monoisotopic (exact) mass is 242 g/mol. The number of fused-ring (bicyclic) bond motifs is 1. The second-order valence-electron chi connectivity index (χ2n) is 5.55. The number of nitrogens with zero attached hydrogens (tertiary/aromatic N) is 2. The van der Waals surface area contributed by atoms with Crippen molar-refractivity contribution in [2.24, 2.45) is 5.41 Å². The Kier molecular flexibility index (Phi) is 2.76. The summed E-state index contributed by atoms with van der Waals surface area (Å²) in [7, 11) is 2.06. The van der Waals surface area contributed by atoms with E-state index >= 15 is 0 Å². The third-order valence-electron chi connectivity index (χ3n) is 4.06. The van der Waals surface area contributed by atoms with Crippen LogP contribution in [-0.2, 0) is 17.6 Å². The average Bonchev–Trinajstić information content (AvgIpc) is 2.80. The number of ether oxygens (including phenoxy) is 1. The van der Waals surface area contributed by atoms with Gasteiger partial charge in [-0.25, -0.2) is 0 Å².